The van der Waals surface area contributed by atoms with Gasteiger partial charge in [0.15, 0.2) is 19.7 Å². The predicted molar refractivity (Wildman–Crippen MR) is 243 cm³/mol. The first-order valence-electron chi connectivity index (χ1n) is 19.7. The van der Waals surface area contributed by atoms with Crippen molar-refractivity contribution in [1.29, 1.82) is 0 Å². The Morgan fingerprint density at radius 2 is 1.10 bits per heavy atom. The van der Waals surface area contributed by atoms with Gasteiger partial charge in [0.1, 0.15) is 5.69 Å². The Morgan fingerprint density at radius 3 is 1.56 bits per heavy atom. The molecule has 2 aromatic heterocycles. The molecule has 8 rings (SSSR count). The minimum Gasteiger partial charge on any atom is -0.399 e. The Labute approximate surface area is 380 Å². The average Bonchev–Trinajstić information content (AvgIpc) is 3.67. The van der Waals surface area contributed by atoms with Gasteiger partial charge in [-0.3, -0.25) is 4.79 Å². The normalized spacial score (nSPS) is 19.6. The Kier molecular flexibility index (Phi) is 12.2. The van der Waals surface area contributed by atoms with Crippen LogP contribution in [-0.4, -0.2) is 45.1 Å². The van der Waals surface area contributed by atoms with E-state index in [0.717, 1.165) is 24.6 Å². The van der Waals surface area contributed by atoms with Gasteiger partial charge in [0.05, 0.1) is 46.6 Å². The highest BCUT2D eigenvalue weighted by atomic mass is 35.5. The number of fused-ring (bicyclic) bond motifs is 6. The number of ketones is 1. The maximum atomic E-state index is 15.2. The van der Waals surface area contributed by atoms with Crippen LogP contribution in [0.3, 0.4) is 0 Å². The zero-order valence-corrected chi connectivity index (χ0v) is 40.4. The number of carbonyl (C=O) groups excluding carboxylic acids is 1. The number of carbonyl (C=O) groups is 1. The number of benzene rings is 4. The van der Waals surface area contributed by atoms with Gasteiger partial charge in [-0.2, -0.15) is 13.2 Å². The molecule has 2 aliphatic carbocycles. The average molecular weight is 987 g/mol. The van der Waals surface area contributed by atoms with Crippen LogP contribution in [0.2, 0.25) is 39.7 Å². The van der Waals surface area contributed by atoms with E-state index < -0.39 is 51.8 Å². The van der Waals surface area contributed by atoms with Crippen LogP contribution in [-0.2, 0) is 42.9 Å². The van der Waals surface area contributed by atoms with Crippen molar-refractivity contribution in [2.75, 3.05) is 0 Å². The molecule has 0 spiro atoms. The second kappa shape index (κ2) is 16.3. The van der Waals surface area contributed by atoms with E-state index in [1.54, 1.807) is 69.0 Å². The zero-order chi connectivity index (χ0) is 45.6. The van der Waals surface area contributed by atoms with Crippen LogP contribution in [0.4, 0.5) is 13.2 Å². The molecule has 0 radical (unpaired) electrons. The summed E-state index contributed by atoms with van der Waals surface area (Å²) in [4.78, 5) is 13.0. The second-order valence-corrected chi connectivity index (χ2v) is 26.7. The van der Waals surface area contributed by atoms with Gasteiger partial charge in [-0.25, -0.2) is 24.8 Å². The first-order chi connectivity index (χ1) is 28.7. The number of hydrogen-bond donors (Lipinski definition) is 0. The Balaban J connectivity index is 0.000000192. The van der Waals surface area contributed by atoms with Crippen molar-refractivity contribution >= 4 is 102 Å². The van der Waals surface area contributed by atoms with Crippen molar-refractivity contribution in [3.05, 3.63) is 127 Å². The lowest BCUT2D eigenvalue weighted by atomic mass is 9.75. The van der Waals surface area contributed by atoms with Crippen molar-refractivity contribution in [3.63, 3.8) is 0 Å². The van der Waals surface area contributed by atoms with Crippen LogP contribution < -0.4 is 0 Å². The van der Waals surface area contributed by atoms with E-state index in [1.165, 1.54) is 37.3 Å². The standard InChI is InChI=1S/C24H26Cl2F3NO3SSi.C20H17Cl2NO3S/c1-14-6-9-16(10-7-14)34(31,32)30-21-13-20(26)19(25)12-18(21)17-11-8-15(2)23(22(17)30,24(27,28)29)33-35(3,4)5;1-11-3-6-13(7-4-11)27(25,26)23-18-10-17(22)16(21)9-15(18)14-8-5-12(2)20(24)19(14)23/h6-7,9-10,12-13,15H,8,11H2,1-5H3;3-4,6-7,9-10,12H,5,8H2,1-2H3. The third-order valence-electron chi connectivity index (χ3n) is 11.5. The number of Topliss-reactive ketones (excluding diaryl/α,β-unsaturated/α-hetero) is 1. The summed E-state index contributed by atoms with van der Waals surface area (Å²) in [6.45, 7) is 12.0. The molecule has 0 saturated carbocycles. The lowest BCUT2D eigenvalue weighted by Crippen LogP contribution is -2.57. The summed E-state index contributed by atoms with van der Waals surface area (Å²) in [7, 11) is -11.3. The fourth-order valence-electron chi connectivity index (χ4n) is 8.52. The summed E-state index contributed by atoms with van der Waals surface area (Å²) >= 11 is 24.9. The Hall–Kier alpha value is -3.34. The van der Waals surface area contributed by atoms with Crippen molar-refractivity contribution in [2.24, 2.45) is 11.8 Å². The zero-order valence-electron chi connectivity index (χ0n) is 34.7. The highest BCUT2D eigenvalue weighted by molar-refractivity contribution is 7.90. The van der Waals surface area contributed by atoms with Gasteiger partial charge < -0.3 is 4.43 Å². The fraction of sp³-hybridized carbons (Fsp3) is 0.341. The van der Waals surface area contributed by atoms with E-state index in [0.29, 0.717) is 34.2 Å². The molecule has 0 bridgehead atoms. The lowest BCUT2D eigenvalue weighted by molar-refractivity contribution is -0.281. The van der Waals surface area contributed by atoms with E-state index in [1.807, 2.05) is 13.8 Å². The minimum absolute atomic E-state index is 0.0474. The molecule has 6 aromatic rings. The van der Waals surface area contributed by atoms with E-state index in [4.69, 9.17) is 50.8 Å². The number of alkyl halides is 3. The molecule has 3 atom stereocenters. The predicted octanol–water partition coefficient (Wildman–Crippen LogP) is 12.9. The molecule has 0 saturated heterocycles. The smallest absolute Gasteiger partial charge is 0.399 e. The SMILES string of the molecule is Cc1ccc(S(=O)(=O)n2c3c(c4cc(Cl)c(Cl)cc42)CCC(C)C3(O[Si](C)(C)C)C(F)(F)F)cc1.Cc1ccc(S(=O)(=O)n2c3c(c4cc(Cl)c(Cl)cc42)CCC(C)C3=O)cc1. The number of hydrogen-bond acceptors (Lipinski definition) is 6. The molecule has 330 valence electrons. The first-order valence-corrected chi connectivity index (χ1v) is 27.5. The summed E-state index contributed by atoms with van der Waals surface area (Å²) in [5, 5.41) is 1.75. The van der Waals surface area contributed by atoms with E-state index in [9.17, 15) is 21.6 Å². The van der Waals surface area contributed by atoms with Crippen LogP contribution in [0.25, 0.3) is 21.8 Å². The Morgan fingerprint density at radius 1 is 0.677 bits per heavy atom. The number of nitrogens with zero attached hydrogens (tertiary/aromatic N) is 2. The molecular formula is C44H43Cl4F3N2O6S2Si. The van der Waals surface area contributed by atoms with Crippen LogP contribution in [0.1, 0.15) is 65.1 Å². The highest BCUT2D eigenvalue weighted by Gasteiger charge is 2.66. The summed E-state index contributed by atoms with van der Waals surface area (Å²) in [6.07, 6.45) is -3.18. The number of halogens is 7. The quantitative estimate of drug-likeness (QED) is 0.154. The van der Waals surface area contributed by atoms with Gasteiger partial charge in [-0.05, 0) is 125 Å². The van der Waals surface area contributed by atoms with Gasteiger partial charge >= 0.3 is 6.18 Å². The first kappa shape index (κ1) is 46.6. The molecule has 4 aromatic carbocycles. The summed E-state index contributed by atoms with van der Waals surface area (Å²) in [6, 6.07) is 18.5. The van der Waals surface area contributed by atoms with Crippen LogP contribution >= 0.6 is 46.4 Å². The van der Waals surface area contributed by atoms with Gasteiger partial charge in [-0.1, -0.05) is 95.6 Å². The summed E-state index contributed by atoms with van der Waals surface area (Å²) in [5.41, 5.74) is 0.199. The van der Waals surface area contributed by atoms with Gasteiger partial charge in [0.2, 0.25) is 0 Å². The lowest BCUT2D eigenvalue weighted by Gasteiger charge is -2.47. The summed E-state index contributed by atoms with van der Waals surface area (Å²) < 4.78 is 109. The highest BCUT2D eigenvalue weighted by Crippen LogP contribution is 2.57. The van der Waals surface area contributed by atoms with Crippen molar-refractivity contribution in [2.45, 2.75) is 94.6 Å². The van der Waals surface area contributed by atoms with E-state index in [-0.39, 0.29) is 66.2 Å². The monoisotopic (exact) mass is 984 g/mol. The molecule has 0 fully saturated rings. The molecular weight excluding hydrogens is 944 g/mol. The number of aromatic nitrogens is 2. The molecule has 8 nitrogen and oxygen atoms in total. The maximum Gasteiger partial charge on any atom is 0.422 e. The van der Waals surface area contributed by atoms with Gasteiger partial charge in [-0.15, -0.1) is 0 Å². The third-order valence-corrected chi connectivity index (χ3v) is 17.4. The third kappa shape index (κ3) is 7.84. The molecule has 18 heteroatoms. The van der Waals surface area contributed by atoms with Crippen molar-refractivity contribution in [3.8, 4) is 0 Å². The molecule has 3 unspecified atom stereocenters. The Bertz CT molecular complexity index is 3020. The minimum atomic E-state index is -4.88. The van der Waals surface area contributed by atoms with Crippen LogP contribution in [0.5, 0.6) is 0 Å². The van der Waals surface area contributed by atoms with Crippen molar-refractivity contribution in [1.82, 2.24) is 7.94 Å². The van der Waals surface area contributed by atoms with Gasteiger partial charge in [0, 0.05) is 16.7 Å². The number of aryl methyl sites for hydroxylation is 4. The molecule has 2 heterocycles. The molecule has 0 aliphatic heterocycles. The van der Waals surface area contributed by atoms with Gasteiger partial charge in [0.25, 0.3) is 20.0 Å². The van der Waals surface area contributed by atoms with E-state index >= 15 is 13.2 Å². The largest absolute Gasteiger partial charge is 0.422 e. The van der Waals surface area contributed by atoms with Crippen LogP contribution in [0, 0.1) is 25.7 Å². The topological polar surface area (TPSA) is 104 Å². The maximum absolute atomic E-state index is 15.2. The molecule has 0 amide bonds. The summed E-state index contributed by atoms with van der Waals surface area (Å²) in [5.74, 6) is -1.43. The van der Waals surface area contributed by atoms with E-state index in [2.05, 4.69) is 0 Å². The molecule has 62 heavy (non-hydrogen) atoms. The van der Waals surface area contributed by atoms with Crippen LogP contribution in [0.15, 0.2) is 82.6 Å². The molecule has 2 aliphatic rings. The second-order valence-electron chi connectivity index (χ2n) is 17.1. The number of rotatable bonds is 6. The fourth-order valence-corrected chi connectivity index (χ4v) is 13.7. The molecule has 0 N–H and O–H groups in total. The van der Waals surface area contributed by atoms with Crippen molar-refractivity contribution < 1.29 is 39.2 Å².